The highest BCUT2D eigenvalue weighted by Gasteiger charge is 2.23. The van der Waals surface area contributed by atoms with Gasteiger partial charge < -0.3 is 10.4 Å². The van der Waals surface area contributed by atoms with Gasteiger partial charge in [-0.3, -0.25) is 9.59 Å². The molecule has 1 saturated carbocycles. The lowest BCUT2D eigenvalue weighted by atomic mass is 10.0. The van der Waals surface area contributed by atoms with E-state index >= 15 is 0 Å². The molecule has 0 aliphatic heterocycles. The number of carbonyl (C=O) groups excluding carboxylic acids is 1. The second-order valence-electron chi connectivity index (χ2n) is 5.75. The van der Waals surface area contributed by atoms with Crippen LogP contribution in [0.2, 0.25) is 5.02 Å². The Morgan fingerprint density at radius 1 is 1.36 bits per heavy atom. The van der Waals surface area contributed by atoms with Crippen molar-refractivity contribution in [2.75, 3.05) is 0 Å². The Morgan fingerprint density at radius 2 is 2.05 bits per heavy atom. The van der Waals surface area contributed by atoms with Gasteiger partial charge in [-0.1, -0.05) is 30.5 Å². The van der Waals surface area contributed by atoms with Gasteiger partial charge in [-0.05, 0) is 36.5 Å². The number of carboxylic acids is 1. The van der Waals surface area contributed by atoms with Gasteiger partial charge in [-0.15, -0.1) is 0 Å². The first kappa shape index (κ1) is 16.7. The first-order valence-corrected chi connectivity index (χ1v) is 7.79. The lowest BCUT2D eigenvalue weighted by Gasteiger charge is -2.19. The molecule has 0 spiro atoms. The minimum atomic E-state index is -1.05. The number of amides is 1. The van der Waals surface area contributed by atoms with Crippen molar-refractivity contribution >= 4 is 23.5 Å². The maximum absolute atomic E-state index is 13.5. The predicted molar refractivity (Wildman–Crippen MR) is 81.1 cm³/mol. The quantitative estimate of drug-likeness (QED) is 0.837. The largest absolute Gasteiger partial charge is 0.481 e. The van der Waals surface area contributed by atoms with Crippen LogP contribution < -0.4 is 5.32 Å². The molecule has 120 valence electrons. The van der Waals surface area contributed by atoms with E-state index < -0.39 is 17.8 Å². The van der Waals surface area contributed by atoms with Crippen LogP contribution in [0.1, 0.15) is 50.1 Å². The molecule has 1 aliphatic rings. The van der Waals surface area contributed by atoms with Gasteiger partial charge >= 0.3 is 5.97 Å². The number of hydrogen-bond acceptors (Lipinski definition) is 2. The lowest BCUT2D eigenvalue weighted by molar-refractivity contribution is -0.137. The zero-order chi connectivity index (χ0) is 16.1. The Morgan fingerprint density at radius 3 is 2.64 bits per heavy atom. The zero-order valence-corrected chi connectivity index (χ0v) is 12.9. The Kier molecular flexibility index (Phi) is 5.77. The molecule has 1 amide bonds. The number of halogens is 2. The zero-order valence-electron chi connectivity index (χ0n) is 12.1. The minimum Gasteiger partial charge on any atom is -0.481 e. The molecule has 6 heteroatoms. The summed E-state index contributed by atoms with van der Waals surface area (Å²) in [5.41, 5.74) is 0.407. The van der Waals surface area contributed by atoms with Crippen molar-refractivity contribution in [3.05, 3.63) is 34.6 Å². The molecule has 4 nitrogen and oxygen atoms in total. The lowest BCUT2D eigenvalue weighted by Crippen LogP contribution is -2.31. The van der Waals surface area contributed by atoms with Crippen molar-refractivity contribution in [1.29, 1.82) is 0 Å². The van der Waals surface area contributed by atoms with E-state index in [1.807, 2.05) is 0 Å². The van der Waals surface area contributed by atoms with Crippen LogP contribution in [0.25, 0.3) is 0 Å². The van der Waals surface area contributed by atoms with Gasteiger partial charge in [0.2, 0.25) is 5.91 Å². The summed E-state index contributed by atoms with van der Waals surface area (Å²) >= 11 is 5.63. The second-order valence-corrected chi connectivity index (χ2v) is 6.15. The van der Waals surface area contributed by atoms with E-state index in [1.54, 1.807) is 0 Å². The summed E-state index contributed by atoms with van der Waals surface area (Å²) in [5.74, 6) is -1.50. The summed E-state index contributed by atoms with van der Waals surface area (Å²) in [7, 11) is 0. The maximum Gasteiger partial charge on any atom is 0.305 e. The molecule has 1 atom stereocenters. The van der Waals surface area contributed by atoms with Gasteiger partial charge in [0.05, 0.1) is 17.5 Å². The van der Waals surface area contributed by atoms with Crippen LogP contribution in [0.4, 0.5) is 4.39 Å². The van der Waals surface area contributed by atoms with Crippen LogP contribution in [-0.4, -0.2) is 17.0 Å². The number of carboxylic acid groups (broad SMARTS) is 1. The van der Waals surface area contributed by atoms with Crippen molar-refractivity contribution in [2.45, 2.75) is 44.6 Å². The number of carbonyl (C=O) groups is 2. The van der Waals surface area contributed by atoms with Crippen LogP contribution >= 0.6 is 11.6 Å². The van der Waals surface area contributed by atoms with E-state index in [4.69, 9.17) is 16.7 Å². The minimum absolute atomic E-state index is 0.0323. The molecular weight excluding hydrogens is 309 g/mol. The number of aliphatic carboxylic acids is 1. The van der Waals surface area contributed by atoms with Crippen LogP contribution in [0, 0.1) is 11.7 Å². The molecule has 0 saturated heterocycles. The molecule has 2 rings (SSSR count). The molecule has 0 heterocycles. The van der Waals surface area contributed by atoms with Gasteiger partial charge in [-0.2, -0.15) is 0 Å². The molecule has 1 unspecified atom stereocenters. The molecular formula is C16H19ClFNO3. The van der Waals surface area contributed by atoms with Gasteiger partial charge in [0.1, 0.15) is 5.82 Å². The van der Waals surface area contributed by atoms with Crippen molar-refractivity contribution < 1.29 is 19.1 Å². The fourth-order valence-electron chi connectivity index (χ4n) is 2.89. The Labute approximate surface area is 133 Å². The van der Waals surface area contributed by atoms with Crippen molar-refractivity contribution in [3.63, 3.8) is 0 Å². The highest BCUT2D eigenvalue weighted by molar-refractivity contribution is 6.30. The number of benzene rings is 1. The van der Waals surface area contributed by atoms with E-state index in [2.05, 4.69) is 5.32 Å². The van der Waals surface area contributed by atoms with Gasteiger partial charge in [0.15, 0.2) is 0 Å². The Bertz CT molecular complexity index is 558. The smallest absolute Gasteiger partial charge is 0.305 e. The number of nitrogens with one attached hydrogen (secondary N) is 1. The second kappa shape index (κ2) is 7.58. The van der Waals surface area contributed by atoms with E-state index in [1.165, 1.54) is 18.2 Å². The Balaban J connectivity index is 2.06. The fourth-order valence-corrected chi connectivity index (χ4v) is 3.00. The third-order valence-corrected chi connectivity index (χ3v) is 4.32. The predicted octanol–water partition coefficient (Wildman–Crippen LogP) is 3.69. The number of hydrogen-bond donors (Lipinski definition) is 2. The van der Waals surface area contributed by atoms with Crippen LogP contribution in [0.15, 0.2) is 18.2 Å². The molecule has 1 aromatic rings. The molecule has 1 aromatic carbocycles. The first-order valence-electron chi connectivity index (χ1n) is 7.42. The summed E-state index contributed by atoms with van der Waals surface area (Å²) < 4.78 is 13.5. The highest BCUT2D eigenvalue weighted by Crippen LogP contribution is 2.28. The van der Waals surface area contributed by atoms with Crippen molar-refractivity contribution in [1.82, 2.24) is 5.32 Å². The summed E-state index contributed by atoms with van der Waals surface area (Å²) in [6, 6.07) is 3.32. The maximum atomic E-state index is 13.5. The Hall–Kier alpha value is -1.62. The van der Waals surface area contributed by atoms with Crippen LogP contribution in [0.5, 0.6) is 0 Å². The standard InChI is InChI=1S/C16H19ClFNO3/c17-12-6-5-11(8-13(12)18)14(9-16(21)22)19-15(20)7-10-3-1-2-4-10/h5-6,8,10,14H,1-4,7,9H2,(H,19,20)(H,21,22). The summed E-state index contributed by atoms with van der Waals surface area (Å²) in [6.07, 6.45) is 4.45. The van der Waals surface area contributed by atoms with Gasteiger partial charge in [0.25, 0.3) is 0 Å². The molecule has 22 heavy (non-hydrogen) atoms. The van der Waals surface area contributed by atoms with E-state index in [-0.39, 0.29) is 17.4 Å². The topological polar surface area (TPSA) is 66.4 Å². The van der Waals surface area contributed by atoms with E-state index in [0.717, 1.165) is 25.7 Å². The average Bonchev–Trinajstić information content (AvgIpc) is 2.93. The SMILES string of the molecule is O=C(O)CC(NC(=O)CC1CCCC1)c1ccc(Cl)c(F)c1. The van der Waals surface area contributed by atoms with Crippen LogP contribution in [0.3, 0.4) is 0 Å². The molecule has 0 radical (unpaired) electrons. The summed E-state index contributed by atoms with van der Waals surface area (Å²) in [5, 5.41) is 11.7. The van der Waals surface area contributed by atoms with Gasteiger partial charge in [-0.25, -0.2) is 4.39 Å². The van der Waals surface area contributed by atoms with E-state index in [0.29, 0.717) is 17.9 Å². The fraction of sp³-hybridized carbons (Fsp3) is 0.500. The van der Waals surface area contributed by atoms with Crippen molar-refractivity contribution in [3.8, 4) is 0 Å². The van der Waals surface area contributed by atoms with E-state index in [9.17, 15) is 14.0 Å². The highest BCUT2D eigenvalue weighted by atomic mass is 35.5. The third-order valence-electron chi connectivity index (χ3n) is 4.01. The number of rotatable bonds is 6. The monoisotopic (exact) mass is 327 g/mol. The summed E-state index contributed by atoms with van der Waals surface area (Å²) in [4.78, 5) is 23.1. The molecule has 0 bridgehead atoms. The van der Waals surface area contributed by atoms with Crippen molar-refractivity contribution in [2.24, 2.45) is 5.92 Å². The third kappa shape index (κ3) is 4.70. The first-order chi connectivity index (χ1) is 10.5. The molecule has 1 fully saturated rings. The molecule has 0 aromatic heterocycles. The molecule has 1 aliphatic carbocycles. The van der Waals surface area contributed by atoms with Gasteiger partial charge in [0, 0.05) is 6.42 Å². The summed E-state index contributed by atoms with van der Waals surface area (Å²) in [6.45, 7) is 0. The normalized spacial score (nSPS) is 16.5. The average molecular weight is 328 g/mol. The molecule has 2 N–H and O–H groups in total. The van der Waals surface area contributed by atoms with Crippen LogP contribution in [-0.2, 0) is 9.59 Å².